The molecular formula is C14H20N2O3. The first-order chi connectivity index (χ1) is 9.09. The highest BCUT2D eigenvalue weighted by molar-refractivity contribution is 5.89. The molecule has 1 aromatic carbocycles. The Morgan fingerprint density at radius 1 is 1.47 bits per heavy atom. The number of carbonyl (C=O) groups excluding carboxylic acids is 1. The Balaban J connectivity index is 1.90. The van der Waals surface area contributed by atoms with E-state index in [1.54, 1.807) is 0 Å². The molecule has 0 aromatic heterocycles. The Morgan fingerprint density at radius 2 is 2.26 bits per heavy atom. The van der Waals surface area contributed by atoms with Crippen molar-refractivity contribution in [3.63, 3.8) is 0 Å². The number of benzene rings is 1. The lowest BCUT2D eigenvalue weighted by molar-refractivity contribution is -0.114. The van der Waals surface area contributed by atoms with Gasteiger partial charge in [0.15, 0.2) is 0 Å². The fraction of sp³-hybridized carbons (Fsp3) is 0.500. The van der Waals surface area contributed by atoms with Gasteiger partial charge in [-0.15, -0.1) is 0 Å². The summed E-state index contributed by atoms with van der Waals surface area (Å²) in [5.41, 5.74) is 1.04. The average Bonchev–Trinajstić information content (AvgIpc) is 2.78. The van der Waals surface area contributed by atoms with Gasteiger partial charge >= 0.3 is 0 Å². The van der Waals surface area contributed by atoms with E-state index in [0.717, 1.165) is 11.3 Å². The fourth-order valence-corrected chi connectivity index (χ4v) is 2.15. The highest BCUT2D eigenvalue weighted by Crippen LogP contribution is 2.18. The summed E-state index contributed by atoms with van der Waals surface area (Å²) in [6, 6.07) is 7.63. The molecule has 1 amide bonds. The quantitative estimate of drug-likeness (QED) is 0.738. The van der Waals surface area contributed by atoms with E-state index in [-0.39, 0.29) is 5.91 Å². The van der Waals surface area contributed by atoms with E-state index < -0.39 is 5.60 Å². The molecule has 1 aromatic rings. The molecule has 1 aliphatic rings. The third-order valence-electron chi connectivity index (χ3n) is 3.18. The maximum absolute atomic E-state index is 11.1. The summed E-state index contributed by atoms with van der Waals surface area (Å²) < 4.78 is 5.19. The maximum Gasteiger partial charge on any atom is 0.221 e. The average molecular weight is 264 g/mol. The van der Waals surface area contributed by atoms with Crippen molar-refractivity contribution in [2.75, 3.05) is 25.1 Å². The number of anilines is 1. The molecule has 1 unspecified atom stereocenters. The number of nitrogens with one attached hydrogen (secondary N) is 2. The lowest BCUT2D eigenvalue weighted by Gasteiger charge is -2.21. The molecule has 19 heavy (non-hydrogen) atoms. The maximum atomic E-state index is 11.1. The van der Waals surface area contributed by atoms with Gasteiger partial charge in [-0.1, -0.05) is 18.2 Å². The topological polar surface area (TPSA) is 70.6 Å². The summed E-state index contributed by atoms with van der Waals surface area (Å²) in [6.45, 7) is 3.57. The molecule has 0 radical (unpaired) electrons. The van der Waals surface area contributed by atoms with Crippen LogP contribution in [0.3, 0.4) is 0 Å². The van der Waals surface area contributed by atoms with Crippen molar-refractivity contribution >= 4 is 11.6 Å². The van der Waals surface area contributed by atoms with Crippen LogP contribution in [0.4, 0.5) is 5.69 Å². The van der Waals surface area contributed by atoms with E-state index in [1.807, 2.05) is 24.3 Å². The summed E-state index contributed by atoms with van der Waals surface area (Å²) in [6.07, 6.45) is 0.660. The number of rotatable bonds is 5. The van der Waals surface area contributed by atoms with Crippen molar-refractivity contribution in [3.05, 3.63) is 29.8 Å². The standard InChI is InChI=1S/C14H20N2O3/c1-11(17)16-13-5-3-2-4-12(13)8-15-9-14(18)6-7-19-10-14/h2-5,15,18H,6-10H2,1H3,(H,16,17). The Morgan fingerprint density at radius 3 is 2.95 bits per heavy atom. The predicted molar refractivity (Wildman–Crippen MR) is 72.8 cm³/mol. The summed E-state index contributed by atoms with van der Waals surface area (Å²) in [4.78, 5) is 11.1. The Kier molecular flexibility index (Phi) is 4.52. The third-order valence-corrected chi connectivity index (χ3v) is 3.18. The first-order valence-corrected chi connectivity index (χ1v) is 6.45. The molecule has 0 bridgehead atoms. The monoisotopic (exact) mass is 264 g/mol. The smallest absolute Gasteiger partial charge is 0.221 e. The second kappa shape index (κ2) is 6.14. The van der Waals surface area contributed by atoms with Gasteiger partial charge in [-0.05, 0) is 11.6 Å². The number of hydrogen-bond donors (Lipinski definition) is 3. The van der Waals surface area contributed by atoms with Crippen molar-refractivity contribution in [2.45, 2.75) is 25.5 Å². The third kappa shape index (κ3) is 4.02. The molecule has 2 rings (SSSR count). The van der Waals surface area contributed by atoms with Gasteiger partial charge in [0.2, 0.25) is 5.91 Å². The van der Waals surface area contributed by atoms with Crippen LogP contribution in [0.1, 0.15) is 18.9 Å². The normalized spacial score (nSPS) is 22.4. The Labute approximate surface area is 113 Å². The largest absolute Gasteiger partial charge is 0.386 e. The van der Waals surface area contributed by atoms with Gasteiger partial charge in [0.05, 0.1) is 6.61 Å². The molecule has 5 nitrogen and oxygen atoms in total. The fourth-order valence-electron chi connectivity index (χ4n) is 2.15. The number of para-hydroxylation sites is 1. The molecule has 3 N–H and O–H groups in total. The minimum Gasteiger partial charge on any atom is -0.386 e. The van der Waals surface area contributed by atoms with Crippen LogP contribution in [0.2, 0.25) is 0 Å². The molecule has 104 valence electrons. The summed E-state index contributed by atoms with van der Waals surface area (Å²) >= 11 is 0. The first-order valence-electron chi connectivity index (χ1n) is 6.45. The van der Waals surface area contributed by atoms with Crippen molar-refractivity contribution in [2.24, 2.45) is 0 Å². The van der Waals surface area contributed by atoms with Gasteiger partial charge in [-0.2, -0.15) is 0 Å². The molecule has 1 aliphatic heterocycles. The summed E-state index contributed by atoms with van der Waals surface area (Å²) in [5, 5.41) is 16.1. The Bertz CT molecular complexity index is 442. The second-order valence-electron chi connectivity index (χ2n) is 4.97. The predicted octanol–water partition coefficient (Wildman–Crippen LogP) is 0.886. The highest BCUT2D eigenvalue weighted by Gasteiger charge is 2.31. The van der Waals surface area contributed by atoms with E-state index in [4.69, 9.17) is 4.74 Å². The van der Waals surface area contributed by atoms with E-state index in [0.29, 0.717) is 32.7 Å². The molecule has 1 fully saturated rings. The number of aliphatic hydroxyl groups is 1. The zero-order chi connectivity index (χ0) is 13.7. The van der Waals surface area contributed by atoms with Crippen molar-refractivity contribution in [1.29, 1.82) is 0 Å². The molecule has 0 saturated carbocycles. The van der Waals surface area contributed by atoms with Crippen LogP contribution < -0.4 is 10.6 Å². The van der Waals surface area contributed by atoms with Crippen molar-refractivity contribution in [1.82, 2.24) is 5.32 Å². The van der Waals surface area contributed by atoms with E-state index in [2.05, 4.69) is 10.6 Å². The van der Waals surface area contributed by atoms with Gasteiger partial charge in [0.1, 0.15) is 5.60 Å². The molecular weight excluding hydrogens is 244 g/mol. The van der Waals surface area contributed by atoms with Crippen LogP contribution in [-0.2, 0) is 16.1 Å². The molecule has 0 aliphatic carbocycles. The lowest BCUT2D eigenvalue weighted by Crippen LogP contribution is -2.40. The van der Waals surface area contributed by atoms with Crippen LogP contribution in [0.25, 0.3) is 0 Å². The van der Waals surface area contributed by atoms with Gasteiger partial charge in [-0.3, -0.25) is 4.79 Å². The van der Waals surface area contributed by atoms with E-state index >= 15 is 0 Å². The second-order valence-corrected chi connectivity index (χ2v) is 4.97. The molecule has 0 spiro atoms. The van der Waals surface area contributed by atoms with Gasteiger partial charge in [0, 0.05) is 38.7 Å². The lowest BCUT2D eigenvalue weighted by atomic mass is 10.0. The van der Waals surface area contributed by atoms with Crippen LogP contribution in [0.15, 0.2) is 24.3 Å². The SMILES string of the molecule is CC(=O)Nc1ccccc1CNCC1(O)CCOC1. The molecule has 1 heterocycles. The molecule has 1 atom stereocenters. The molecule has 5 heteroatoms. The zero-order valence-electron chi connectivity index (χ0n) is 11.1. The number of carbonyl (C=O) groups is 1. The van der Waals surface area contributed by atoms with Crippen LogP contribution in [-0.4, -0.2) is 36.4 Å². The molecule has 1 saturated heterocycles. The zero-order valence-corrected chi connectivity index (χ0v) is 11.1. The number of ether oxygens (including phenoxy) is 1. The van der Waals surface area contributed by atoms with Crippen LogP contribution >= 0.6 is 0 Å². The van der Waals surface area contributed by atoms with E-state index in [1.165, 1.54) is 6.92 Å². The van der Waals surface area contributed by atoms with E-state index in [9.17, 15) is 9.90 Å². The van der Waals surface area contributed by atoms with Gasteiger partial charge in [0.25, 0.3) is 0 Å². The Hall–Kier alpha value is -1.43. The number of hydrogen-bond acceptors (Lipinski definition) is 4. The summed E-state index contributed by atoms with van der Waals surface area (Å²) in [7, 11) is 0. The summed E-state index contributed by atoms with van der Waals surface area (Å²) in [5.74, 6) is -0.0877. The van der Waals surface area contributed by atoms with Gasteiger partial charge < -0.3 is 20.5 Å². The minimum atomic E-state index is -0.761. The van der Waals surface area contributed by atoms with Crippen molar-refractivity contribution in [3.8, 4) is 0 Å². The number of amides is 1. The van der Waals surface area contributed by atoms with Crippen LogP contribution in [0, 0.1) is 0 Å². The van der Waals surface area contributed by atoms with Crippen LogP contribution in [0.5, 0.6) is 0 Å². The van der Waals surface area contributed by atoms with Gasteiger partial charge in [-0.25, -0.2) is 0 Å². The first kappa shape index (κ1) is 14.0. The highest BCUT2D eigenvalue weighted by atomic mass is 16.5. The minimum absolute atomic E-state index is 0.0877. The van der Waals surface area contributed by atoms with Crippen molar-refractivity contribution < 1.29 is 14.6 Å².